The Labute approximate surface area is 148 Å². The third-order valence-corrected chi connectivity index (χ3v) is 3.84. The highest BCUT2D eigenvalue weighted by Gasteiger charge is 2.09. The van der Waals surface area contributed by atoms with Gasteiger partial charge in [0.15, 0.2) is 5.96 Å². The number of aliphatic imine (C=N–C) groups is 1. The number of aryl methyl sites for hydroxylation is 1. The predicted molar refractivity (Wildman–Crippen MR) is 97.9 cm³/mol. The van der Waals surface area contributed by atoms with Crippen LogP contribution in [0.4, 0.5) is 0 Å². The zero-order chi connectivity index (χ0) is 17.5. The minimum atomic E-state index is 0.524. The molecule has 0 aliphatic rings. The molecule has 0 atom stereocenters. The predicted octanol–water partition coefficient (Wildman–Crippen LogP) is 3.15. The molecule has 1 heterocycles. The van der Waals surface area contributed by atoms with Gasteiger partial charge in [0.25, 0.3) is 0 Å². The van der Waals surface area contributed by atoms with E-state index in [-0.39, 0.29) is 0 Å². The number of nitrogens with one attached hydrogen (secondary N) is 1. The van der Waals surface area contributed by atoms with Crippen molar-refractivity contribution in [2.45, 2.75) is 20.0 Å². The fraction of sp³-hybridized carbons (Fsp3) is 0.333. The molecule has 0 bridgehead atoms. The molecule has 0 radical (unpaired) electrons. The second kappa shape index (κ2) is 8.42. The molecule has 0 aliphatic carbocycles. The number of hydrogen-bond acceptors (Lipinski definition) is 2. The number of aromatic nitrogens is 1. The second-order valence-electron chi connectivity index (χ2n) is 5.60. The summed E-state index contributed by atoms with van der Waals surface area (Å²) >= 11 is 6.05. The third-order valence-electron chi connectivity index (χ3n) is 3.64. The maximum absolute atomic E-state index is 8.98. The van der Waals surface area contributed by atoms with Gasteiger partial charge in [0.2, 0.25) is 0 Å². The molecule has 0 fully saturated rings. The molecule has 1 aromatic carbocycles. The van der Waals surface area contributed by atoms with Crippen molar-refractivity contribution in [1.29, 1.82) is 5.26 Å². The van der Waals surface area contributed by atoms with E-state index in [1.54, 1.807) is 6.07 Å². The molecule has 2 aromatic rings. The summed E-state index contributed by atoms with van der Waals surface area (Å²) in [5.41, 5.74) is 2.78. The van der Waals surface area contributed by atoms with Crippen molar-refractivity contribution in [3.63, 3.8) is 0 Å². The second-order valence-corrected chi connectivity index (χ2v) is 6.04. The van der Waals surface area contributed by atoms with Crippen LogP contribution in [0.3, 0.4) is 0 Å². The van der Waals surface area contributed by atoms with Crippen LogP contribution >= 0.6 is 11.6 Å². The van der Waals surface area contributed by atoms with Gasteiger partial charge in [0.1, 0.15) is 0 Å². The van der Waals surface area contributed by atoms with E-state index in [4.69, 9.17) is 16.9 Å². The maximum atomic E-state index is 8.98. The number of halogens is 1. The largest absolute Gasteiger partial charge is 0.357 e. The van der Waals surface area contributed by atoms with Crippen LogP contribution in [0, 0.1) is 11.3 Å². The van der Waals surface area contributed by atoms with Crippen LogP contribution < -0.4 is 5.32 Å². The molecule has 0 saturated heterocycles. The smallest absolute Gasteiger partial charge is 0.194 e. The van der Waals surface area contributed by atoms with Gasteiger partial charge >= 0.3 is 0 Å². The lowest BCUT2D eigenvalue weighted by Crippen LogP contribution is -2.38. The minimum absolute atomic E-state index is 0.524. The summed E-state index contributed by atoms with van der Waals surface area (Å²) in [7, 11) is 3.97. The normalized spacial score (nSPS) is 11.2. The number of rotatable bonds is 5. The lowest BCUT2D eigenvalue weighted by atomic mass is 10.1. The third kappa shape index (κ3) is 4.77. The van der Waals surface area contributed by atoms with E-state index in [0.717, 1.165) is 28.8 Å². The Bertz CT molecular complexity index is 757. The number of nitrogens with zero attached hydrogens (tertiary/aromatic N) is 4. The summed E-state index contributed by atoms with van der Waals surface area (Å²) in [5.74, 6) is 0.817. The summed E-state index contributed by atoms with van der Waals surface area (Å²) in [6, 6.07) is 11.6. The van der Waals surface area contributed by atoms with Crippen LogP contribution in [0.2, 0.25) is 5.02 Å². The molecule has 24 heavy (non-hydrogen) atoms. The lowest BCUT2D eigenvalue weighted by molar-refractivity contribution is 0.462. The van der Waals surface area contributed by atoms with E-state index in [2.05, 4.69) is 21.3 Å². The van der Waals surface area contributed by atoms with Gasteiger partial charge in [-0.05, 0) is 30.7 Å². The standard InChI is InChI=1S/C18H22ClN5/c1-4-21-18(22-11-15-7-5-6-14(8-15)10-20)24(3)13-17-9-16(19)12-23(17)2/h5-9,12H,4,11,13H2,1-3H3,(H,21,22). The number of nitriles is 1. The van der Waals surface area contributed by atoms with Gasteiger partial charge in [-0.1, -0.05) is 23.7 Å². The van der Waals surface area contributed by atoms with E-state index in [1.165, 1.54) is 0 Å². The zero-order valence-corrected chi connectivity index (χ0v) is 15.0. The van der Waals surface area contributed by atoms with Crippen molar-refractivity contribution in [2.24, 2.45) is 12.0 Å². The molecule has 1 N–H and O–H groups in total. The van der Waals surface area contributed by atoms with Crippen LogP contribution in [0.15, 0.2) is 41.5 Å². The monoisotopic (exact) mass is 343 g/mol. The Hall–Kier alpha value is -2.45. The van der Waals surface area contributed by atoms with Gasteiger partial charge in [0.05, 0.1) is 29.7 Å². The Morgan fingerprint density at radius 3 is 2.83 bits per heavy atom. The number of hydrogen-bond donors (Lipinski definition) is 1. The summed E-state index contributed by atoms with van der Waals surface area (Å²) in [5, 5.41) is 13.0. The lowest BCUT2D eigenvalue weighted by Gasteiger charge is -2.22. The molecule has 0 amide bonds. The molecule has 126 valence electrons. The minimum Gasteiger partial charge on any atom is -0.357 e. The summed E-state index contributed by atoms with van der Waals surface area (Å²) in [6.07, 6.45) is 1.89. The van der Waals surface area contributed by atoms with Crippen LogP contribution in [-0.4, -0.2) is 29.0 Å². The fourth-order valence-corrected chi connectivity index (χ4v) is 2.69. The molecule has 0 spiro atoms. The Morgan fingerprint density at radius 2 is 2.21 bits per heavy atom. The highest BCUT2D eigenvalue weighted by Crippen LogP contribution is 2.14. The number of guanidine groups is 1. The summed E-state index contributed by atoms with van der Waals surface area (Å²) in [6.45, 7) is 4.05. The molecule has 0 aliphatic heterocycles. The van der Waals surface area contributed by atoms with Crippen molar-refractivity contribution >= 4 is 17.6 Å². The van der Waals surface area contributed by atoms with Gasteiger partial charge in [-0.25, -0.2) is 4.99 Å². The first kappa shape index (κ1) is 17.9. The summed E-state index contributed by atoms with van der Waals surface area (Å²) in [4.78, 5) is 6.73. The van der Waals surface area contributed by atoms with Crippen LogP contribution in [0.1, 0.15) is 23.7 Å². The molecular formula is C18H22ClN5. The van der Waals surface area contributed by atoms with Crippen LogP contribution in [0.25, 0.3) is 0 Å². The van der Waals surface area contributed by atoms with Crippen molar-refractivity contribution in [3.8, 4) is 6.07 Å². The molecule has 6 heteroatoms. The van der Waals surface area contributed by atoms with E-state index >= 15 is 0 Å². The first-order valence-electron chi connectivity index (χ1n) is 7.82. The van der Waals surface area contributed by atoms with Gasteiger partial charge in [-0.2, -0.15) is 5.26 Å². The van der Waals surface area contributed by atoms with Gasteiger partial charge in [-0.3, -0.25) is 0 Å². The summed E-state index contributed by atoms with van der Waals surface area (Å²) < 4.78 is 2.01. The van der Waals surface area contributed by atoms with E-state index in [0.29, 0.717) is 18.7 Å². The van der Waals surface area contributed by atoms with Crippen molar-refractivity contribution < 1.29 is 0 Å². The van der Waals surface area contributed by atoms with E-state index in [9.17, 15) is 0 Å². The van der Waals surface area contributed by atoms with Crippen molar-refractivity contribution in [3.05, 3.63) is 58.4 Å². The van der Waals surface area contributed by atoms with Crippen LogP contribution in [-0.2, 0) is 20.1 Å². The van der Waals surface area contributed by atoms with Gasteiger partial charge < -0.3 is 14.8 Å². The molecular weight excluding hydrogens is 322 g/mol. The van der Waals surface area contributed by atoms with E-state index < -0.39 is 0 Å². The number of benzene rings is 1. The quantitative estimate of drug-likeness (QED) is 0.670. The molecule has 0 saturated carbocycles. The fourth-order valence-electron chi connectivity index (χ4n) is 2.42. The van der Waals surface area contributed by atoms with Crippen molar-refractivity contribution in [2.75, 3.05) is 13.6 Å². The van der Waals surface area contributed by atoms with Crippen molar-refractivity contribution in [1.82, 2.24) is 14.8 Å². The maximum Gasteiger partial charge on any atom is 0.194 e. The molecule has 5 nitrogen and oxygen atoms in total. The van der Waals surface area contributed by atoms with Gasteiger partial charge in [0, 0.05) is 32.5 Å². The highest BCUT2D eigenvalue weighted by atomic mass is 35.5. The molecule has 1 aromatic heterocycles. The zero-order valence-electron chi connectivity index (χ0n) is 14.3. The molecule has 2 rings (SSSR count). The first-order valence-corrected chi connectivity index (χ1v) is 8.20. The average molecular weight is 344 g/mol. The molecule has 0 unspecified atom stereocenters. The van der Waals surface area contributed by atoms with Gasteiger partial charge in [-0.15, -0.1) is 0 Å². The van der Waals surface area contributed by atoms with Crippen LogP contribution in [0.5, 0.6) is 0 Å². The Morgan fingerprint density at radius 1 is 1.42 bits per heavy atom. The first-order chi connectivity index (χ1) is 11.5. The highest BCUT2D eigenvalue weighted by molar-refractivity contribution is 6.30. The topological polar surface area (TPSA) is 56.4 Å². The SMILES string of the molecule is CCNC(=NCc1cccc(C#N)c1)N(C)Cc1cc(Cl)cn1C. The van der Waals surface area contributed by atoms with E-state index in [1.807, 2.05) is 56.0 Å². The Balaban J connectivity index is 2.12. The average Bonchev–Trinajstić information content (AvgIpc) is 2.88. The Kier molecular flexibility index (Phi) is 6.28.